The van der Waals surface area contributed by atoms with Crippen LogP contribution in [0.15, 0.2) is 85.2 Å². The number of alkyl halides is 3. The fourth-order valence-corrected chi connectivity index (χ4v) is 3.61. The highest BCUT2D eigenvalue weighted by atomic mass is 19.4. The lowest BCUT2D eigenvalue weighted by Crippen LogP contribution is -2.06. The minimum Gasteiger partial charge on any atom is -0.399 e. The zero-order valence-corrected chi connectivity index (χ0v) is 17.8. The molecule has 170 valence electrons. The van der Waals surface area contributed by atoms with Crippen LogP contribution in [0.1, 0.15) is 11.1 Å². The molecule has 0 unspecified atom stereocenters. The van der Waals surface area contributed by atoms with Crippen molar-refractivity contribution in [3.8, 4) is 11.4 Å². The van der Waals surface area contributed by atoms with Crippen LogP contribution in [0.3, 0.4) is 0 Å². The number of imidazole rings is 1. The van der Waals surface area contributed by atoms with Crippen molar-refractivity contribution >= 4 is 28.4 Å². The van der Waals surface area contributed by atoms with Crippen LogP contribution in [0.25, 0.3) is 22.6 Å². The summed E-state index contributed by atoms with van der Waals surface area (Å²) in [6, 6.07) is 21.8. The summed E-state index contributed by atoms with van der Waals surface area (Å²) in [5.41, 5.74) is 9.20. The Morgan fingerprint density at radius 3 is 2.35 bits per heavy atom. The topological polar surface area (TPSA) is 81.6 Å². The monoisotopic (exact) mass is 460 g/mol. The van der Waals surface area contributed by atoms with Gasteiger partial charge in [0.2, 0.25) is 0 Å². The lowest BCUT2D eigenvalue weighted by Gasteiger charge is -2.11. The molecule has 0 aliphatic heterocycles. The van der Waals surface area contributed by atoms with Crippen LogP contribution in [0, 0.1) is 0 Å². The quantitative estimate of drug-likeness (QED) is 0.320. The maximum absolute atomic E-state index is 12.9. The number of para-hydroxylation sites is 1. The van der Waals surface area contributed by atoms with Gasteiger partial charge in [-0.15, -0.1) is 0 Å². The molecule has 0 radical (unpaired) electrons. The van der Waals surface area contributed by atoms with Crippen LogP contribution in [0.5, 0.6) is 0 Å². The second kappa shape index (κ2) is 8.51. The van der Waals surface area contributed by atoms with E-state index < -0.39 is 11.7 Å². The third-order valence-corrected chi connectivity index (χ3v) is 5.28. The van der Waals surface area contributed by atoms with Crippen LogP contribution in [0.4, 0.5) is 30.4 Å². The van der Waals surface area contributed by atoms with E-state index in [1.54, 1.807) is 23.0 Å². The minimum atomic E-state index is -4.38. The molecule has 0 atom stereocenters. The molecule has 0 amide bonds. The molecule has 5 aromatic rings. The van der Waals surface area contributed by atoms with Crippen LogP contribution in [0.2, 0.25) is 0 Å². The number of rotatable bonds is 5. The zero-order valence-electron chi connectivity index (χ0n) is 17.8. The van der Waals surface area contributed by atoms with Gasteiger partial charge in [-0.1, -0.05) is 42.5 Å². The minimum absolute atomic E-state index is 0.298. The van der Waals surface area contributed by atoms with Crippen molar-refractivity contribution < 1.29 is 13.2 Å². The predicted molar refractivity (Wildman–Crippen MR) is 125 cm³/mol. The number of hydrogen-bond acceptors (Lipinski definition) is 5. The maximum Gasteiger partial charge on any atom is 0.416 e. The smallest absolute Gasteiger partial charge is 0.399 e. The van der Waals surface area contributed by atoms with Gasteiger partial charge in [-0.25, -0.2) is 15.0 Å². The molecule has 0 aliphatic carbocycles. The first kappa shape index (κ1) is 21.4. The van der Waals surface area contributed by atoms with Gasteiger partial charge in [-0.05, 0) is 42.0 Å². The van der Waals surface area contributed by atoms with E-state index in [-0.39, 0.29) is 0 Å². The number of hydrogen-bond donors (Lipinski definition) is 2. The van der Waals surface area contributed by atoms with Gasteiger partial charge in [0.05, 0.1) is 18.4 Å². The van der Waals surface area contributed by atoms with E-state index in [9.17, 15) is 13.2 Å². The average Bonchev–Trinajstić information content (AvgIpc) is 3.22. The van der Waals surface area contributed by atoms with E-state index in [0.29, 0.717) is 40.6 Å². The Labute approximate surface area is 192 Å². The lowest BCUT2D eigenvalue weighted by atomic mass is 10.1. The molecule has 0 spiro atoms. The highest BCUT2D eigenvalue weighted by Gasteiger charge is 2.30. The normalized spacial score (nSPS) is 11.6. The van der Waals surface area contributed by atoms with E-state index in [1.807, 2.05) is 42.5 Å². The molecule has 6 nitrogen and oxygen atoms in total. The number of halogens is 3. The fourth-order valence-electron chi connectivity index (χ4n) is 3.61. The number of nitrogens with zero attached hydrogens (tertiary/aromatic N) is 4. The Morgan fingerprint density at radius 2 is 1.65 bits per heavy atom. The van der Waals surface area contributed by atoms with Gasteiger partial charge in [0.25, 0.3) is 0 Å². The molecule has 2 aromatic heterocycles. The number of nitrogens with two attached hydrogens (primary N) is 1. The van der Waals surface area contributed by atoms with Gasteiger partial charge < -0.3 is 15.6 Å². The fraction of sp³-hybridized carbons (Fsp3) is 0.0800. The van der Waals surface area contributed by atoms with Gasteiger partial charge in [0, 0.05) is 16.9 Å². The van der Waals surface area contributed by atoms with Gasteiger partial charge in [-0.2, -0.15) is 13.2 Å². The number of benzene rings is 3. The summed E-state index contributed by atoms with van der Waals surface area (Å²) >= 11 is 0. The average molecular weight is 460 g/mol. The summed E-state index contributed by atoms with van der Waals surface area (Å²) in [4.78, 5) is 13.9. The van der Waals surface area contributed by atoms with Crippen LogP contribution >= 0.6 is 0 Å². The number of nitrogen functional groups attached to an aromatic ring is 1. The third kappa shape index (κ3) is 4.40. The Morgan fingerprint density at radius 1 is 0.882 bits per heavy atom. The highest BCUT2D eigenvalue weighted by molar-refractivity contribution is 5.87. The number of fused-ring (bicyclic) bond motifs is 1. The molecule has 0 saturated carbocycles. The molecule has 9 heteroatoms. The SMILES string of the molecule is Nc1cccc(-c2nc(Nc3ccccc3)c3ncn(Cc4ccc(C(F)(F)F)cc4)c3n2)c1. The Bertz CT molecular complexity index is 1440. The predicted octanol–water partition coefficient (Wildman–Crippen LogP) is 5.89. The van der Waals surface area contributed by atoms with E-state index in [2.05, 4.69) is 15.3 Å². The molecule has 34 heavy (non-hydrogen) atoms. The first-order valence-corrected chi connectivity index (χ1v) is 10.4. The van der Waals surface area contributed by atoms with Gasteiger partial charge >= 0.3 is 6.18 Å². The standard InChI is InChI=1S/C25H19F3N6/c26-25(27,28)18-11-9-16(10-12-18)14-34-15-30-21-23(31-20-7-2-1-3-8-20)32-22(33-24(21)34)17-5-4-6-19(29)13-17/h1-13,15H,14,29H2,(H,31,32,33). The van der Waals surface area contributed by atoms with E-state index in [1.165, 1.54) is 12.1 Å². The molecule has 3 N–H and O–H groups in total. The van der Waals surface area contributed by atoms with Gasteiger partial charge in [0.1, 0.15) is 0 Å². The van der Waals surface area contributed by atoms with Crippen LogP contribution < -0.4 is 11.1 Å². The Hall–Kier alpha value is -4.40. The molecule has 0 fully saturated rings. The maximum atomic E-state index is 12.9. The summed E-state index contributed by atoms with van der Waals surface area (Å²) in [7, 11) is 0. The Kier molecular flexibility index (Phi) is 5.37. The summed E-state index contributed by atoms with van der Waals surface area (Å²) < 4.78 is 40.5. The Balaban J connectivity index is 1.58. The molecule has 2 heterocycles. The van der Waals surface area contributed by atoms with Crippen LogP contribution in [-0.4, -0.2) is 19.5 Å². The highest BCUT2D eigenvalue weighted by Crippen LogP contribution is 2.30. The number of aromatic nitrogens is 4. The molecule has 0 saturated heterocycles. The van der Waals surface area contributed by atoms with Gasteiger partial charge in [-0.3, -0.25) is 0 Å². The number of nitrogens with one attached hydrogen (secondary N) is 1. The summed E-state index contributed by atoms with van der Waals surface area (Å²) in [5.74, 6) is 0.965. The van der Waals surface area contributed by atoms with E-state index in [4.69, 9.17) is 10.7 Å². The molecule has 3 aromatic carbocycles. The zero-order chi connectivity index (χ0) is 23.7. The summed E-state index contributed by atoms with van der Waals surface area (Å²) in [6.45, 7) is 0.298. The van der Waals surface area contributed by atoms with Crippen molar-refractivity contribution in [1.29, 1.82) is 0 Å². The first-order chi connectivity index (χ1) is 16.4. The molecule has 5 rings (SSSR count). The van der Waals surface area contributed by atoms with Crippen molar-refractivity contribution in [1.82, 2.24) is 19.5 Å². The van der Waals surface area contributed by atoms with Crippen molar-refractivity contribution in [2.45, 2.75) is 12.7 Å². The van der Waals surface area contributed by atoms with Crippen molar-refractivity contribution in [2.75, 3.05) is 11.1 Å². The van der Waals surface area contributed by atoms with Crippen molar-refractivity contribution in [2.24, 2.45) is 0 Å². The molecule has 0 bridgehead atoms. The van der Waals surface area contributed by atoms with E-state index >= 15 is 0 Å². The van der Waals surface area contributed by atoms with Crippen molar-refractivity contribution in [3.63, 3.8) is 0 Å². The molecular formula is C25H19F3N6. The first-order valence-electron chi connectivity index (χ1n) is 10.4. The third-order valence-electron chi connectivity index (χ3n) is 5.28. The lowest BCUT2D eigenvalue weighted by molar-refractivity contribution is -0.137. The summed E-state index contributed by atoms with van der Waals surface area (Å²) in [5, 5.41) is 3.29. The molecule has 0 aliphatic rings. The second-order valence-corrected chi connectivity index (χ2v) is 7.75. The van der Waals surface area contributed by atoms with E-state index in [0.717, 1.165) is 23.4 Å². The number of anilines is 3. The van der Waals surface area contributed by atoms with Gasteiger partial charge in [0.15, 0.2) is 22.8 Å². The van der Waals surface area contributed by atoms with Crippen molar-refractivity contribution in [3.05, 3.63) is 96.3 Å². The largest absolute Gasteiger partial charge is 0.416 e. The van der Waals surface area contributed by atoms with Crippen LogP contribution in [-0.2, 0) is 12.7 Å². The summed E-state index contributed by atoms with van der Waals surface area (Å²) in [6.07, 6.45) is -2.77. The molecular weight excluding hydrogens is 441 g/mol. The second-order valence-electron chi connectivity index (χ2n) is 7.75.